The molecule has 6 nitrogen and oxygen atoms in total. The molecule has 1 amide bonds. The number of nitrogens with zero attached hydrogens (tertiary/aromatic N) is 2. The van der Waals surface area contributed by atoms with Gasteiger partial charge in [0.25, 0.3) is 10.2 Å². The Bertz CT molecular complexity index is 367. The molecule has 86 valence electrons. The SMILES string of the molecule is CN1CCC(N2CCCC2=O)NS1(=O)=O. The lowest BCUT2D eigenvalue weighted by atomic mass is 10.3. The molecule has 0 saturated carbocycles. The van der Waals surface area contributed by atoms with Gasteiger partial charge in [0.15, 0.2) is 0 Å². The summed E-state index contributed by atoms with van der Waals surface area (Å²) in [7, 11) is -1.85. The Morgan fingerprint density at radius 3 is 2.67 bits per heavy atom. The van der Waals surface area contributed by atoms with Crippen LogP contribution >= 0.6 is 0 Å². The van der Waals surface area contributed by atoms with Crippen molar-refractivity contribution in [1.29, 1.82) is 0 Å². The summed E-state index contributed by atoms with van der Waals surface area (Å²) in [5.74, 6) is 0.0484. The number of nitrogens with one attached hydrogen (secondary N) is 1. The first-order valence-electron chi connectivity index (χ1n) is 5.04. The molecule has 0 radical (unpaired) electrons. The molecule has 7 heteroatoms. The largest absolute Gasteiger partial charge is 0.326 e. The summed E-state index contributed by atoms with van der Waals surface area (Å²) in [5, 5.41) is 0. The van der Waals surface area contributed by atoms with Crippen molar-refractivity contribution in [3.05, 3.63) is 0 Å². The maximum absolute atomic E-state index is 11.5. The molecule has 2 heterocycles. The van der Waals surface area contributed by atoms with E-state index in [-0.39, 0.29) is 12.1 Å². The van der Waals surface area contributed by atoms with Crippen molar-refractivity contribution >= 4 is 16.1 Å². The normalized spacial score (nSPS) is 32.2. The molecule has 0 aromatic carbocycles. The molecule has 1 atom stereocenters. The summed E-state index contributed by atoms with van der Waals surface area (Å²) in [4.78, 5) is 13.1. The summed E-state index contributed by atoms with van der Waals surface area (Å²) in [5.41, 5.74) is 0. The number of carbonyl (C=O) groups excluding carboxylic acids is 1. The van der Waals surface area contributed by atoms with Gasteiger partial charge < -0.3 is 4.90 Å². The van der Waals surface area contributed by atoms with Crippen molar-refractivity contribution in [2.24, 2.45) is 0 Å². The Morgan fingerprint density at radius 2 is 2.13 bits per heavy atom. The van der Waals surface area contributed by atoms with E-state index in [1.807, 2.05) is 0 Å². The van der Waals surface area contributed by atoms with Crippen LogP contribution in [0, 0.1) is 0 Å². The van der Waals surface area contributed by atoms with Crippen LogP contribution in [0.4, 0.5) is 0 Å². The third-order valence-corrected chi connectivity index (χ3v) is 4.47. The molecule has 1 unspecified atom stereocenters. The maximum Gasteiger partial charge on any atom is 0.280 e. The van der Waals surface area contributed by atoms with Crippen LogP contribution in [0.1, 0.15) is 19.3 Å². The lowest BCUT2D eigenvalue weighted by Crippen LogP contribution is -2.57. The van der Waals surface area contributed by atoms with Crippen LogP contribution in [0.15, 0.2) is 0 Å². The zero-order valence-corrected chi connectivity index (χ0v) is 9.46. The molecule has 0 aromatic rings. The average molecular weight is 233 g/mol. The van der Waals surface area contributed by atoms with Crippen molar-refractivity contribution < 1.29 is 13.2 Å². The first kappa shape index (κ1) is 10.8. The van der Waals surface area contributed by atoms with Crippen molar-refractivity contribution in [2.45, 2.75) is 25.4 Å². The van der Waals surface area contributed by atoms with Gasteiger partial charge in [0.05, 0.1) is 6.17 Å². The smallest absolute Gasteiger partial charge is 0.280 e. The lowest BCUT2D eigenvalue weighted by molar-refractivity contribution is -0.130. The van der Waals surface area contributed by atoms with Crippen LogP contribution in [-0.2, 0) is 15.0 Å². The summed E-state index contributed by atoms with van der Waals surface area (Å²) in [6, 6.07) is 0. The highest BCUT2D eigenvalue weighted by Gasteiger charge is 2.35. The van der Waals surface area contributed by atoms with Crippen LogP contribution in [0.3, 0.4) is 0 Å². The summed E-state index contributed by atoms with van der Waals surface area (Å²) < 4.78 is 26.9. The Morgan fingerprint density at radius 1 is 1.40 bits per heavy atom. The van der Waals surface area contributed by atoms with Gasteiger partial charge in [-0.05, 0) is 12.8 Å². The van der Waals surface area contributed by atoms with Crippen LogP contribution < -0.4 is 4.72 Å². The molecule has 15 heavy (non-hydrogen) atoms. The number of likely N-dealkylation sites (tertiary alicyclic amines) is 1. The fraction of sp³-hybridized carbons (Fsp3) is 0.875. The molecule has 1 N–H and O–H groups in total. The maximum atomic E-state index is 11.5. The molecule has 2 aliphatic rings. The zero-order chi connectivity index (χ0) is 11.1. The van der Waals surface area contributed by atoms with Gasteiger partial charge in [-0.25, -0.2) is 0 Å². The Hall–Kier alpha value is -0.660. The van der Waals surface area contributed by atoms with Crippen molar-refractivity contribution in [2.75, 3.05) is 20.1 Å². The average Bonchev–Trinajstić information content (AvgIpc) is 2.56. The van der Waals surface area contributed by atoms with Gasteiger partial charge in [0, 0.05) is 26.6 Å². The second kappa shape index (κ2) is 3.73. The molecular weight excluding hydrogens is 218 g/mol. The van der Waals surface area contributed by atoms with Gasteiger partial charge in [-0.3, -0.25) is 4.79 Å². The van der Waals surface area contributed by atoms with Crippen LogP contribution in [0.5, 0.6) is 0 Å². The fourth-order valence-corrected chi connectivity index (χ4v) is 3.08. The van der Waals surface area contributed by atoms with E-state index in [9.17, 15) is 13.2 Å². The molecular formula is C8H15N3O3S. The van der Waals surface area contributed by atoms with E-state index in [4.69, 9.17) is 0 Å². The molecule has 2 fully saturated rings. The third-order valence-electron chi connectivity index (χ3n) is 2.90. The number of hydrogen-bond acceptors (Lipinski definition) is 3. The Labute approximate surface area is 89.4 Å². The molecule has 2 saturated heterocycles. The predicted octanol–water partition coefficient (Wildman–Crippen LogP) is -0.895. The second-order valence-corrected chi connectivity index (χ2v) is 5.75. The van der Waals surface area contributed by atoms with Gasteiger partial charge in [-0.15, -0.1) is 0 Å². The highest BCUT2D eigenvalue weighted by atomic mass is 32.2. The van der Waals surface area contributed by atoms with Gasteiger partial charge in [-0.1, -0.05) is 0 Å². The summed E-state index contributed by atoms with van der Waals surface area (Å²) in [6.45, 7) is 1.12. The molecule has 0 aromatic heterocycles. The van der Waals surface area contributed by atoms with Gasteiger partial charge >= 0.3 is 0 Å². The minimum Gasteiger partial charge on any atom is -0.326 e. The minimum absolute atomic E-state index is 0.0484. The highest BCUT2D eigenvalue weighted by Crippen LogP contribution is 2.18. The topological polar surface area (TPSA) is 69.7 Å². The molecule has 2 rings (SSSR count). The molecule has 0 spiro atoms. The van der Waals surface area contributed by atoms with E-state index < -0.39 is 10.2 Å². The van der Waals surface area contributed by atoms with Crippen molar-refractivity contribution in [3.8, 4) is 0 Å². The van der Waals surface area contributed by atoms with E-state index >= 15 is 0 Å². The fourth-order valence-electron chi connectivity index (χ4n) is 1.96. The Kier molecular flexibility index (Phi) is 2.70. The highest BCUT2D eigenvalue weighted by molar-refractivity contribution is 7.87. The predicted molar refractivity (Wildman–Crippen MR) is 54.0 cm³/mol. The molecule has 0 aliphatic carbocycles. The standard InChI is InChI=1S/C8H15N3O3S/c1-10-6-4-7(9-15(10,13)14)11-5-2-3-8(11)12/h7,9H,2-6H2,1H3. The third kappa shape index (κ3) is 1.99. The quantitative estimate of drug-likeness (QED) is 0.638. The molecule has 2 aliphatic heterocycles. The van der Waals surface area contributed by atoms with E-state index in [1.165, 1.54) is 11.4 Å². The van der Waals surface area contributed by atoms with E-state index in [0.717, 1.165) is 6.42 Å². The monoisotopic (exact) mass is 233 g/mol. The number of carbonyl (C=O) groups is 1. The first-order valence-corrected chi connectivity index (χ1v) is 6.48. The number of rotatable bonds is 1. The zero-order valence-electron chi connectivity index (χ0n) is 8.64. The second-order valence-electron chi connectivity index (χ2n) is 3.94. The van der Waals surface area contributed by atoms with Crippen molar-refractivity contribution in [1.82, 2.24) is 13.9 Å². The number of amides is 1. The minimum atomic E-state index is -3.38. The summed E-state index contributed by atoms with van der Waals surface area (Å²) >= 11 is 0. The van der Waals surface area contributed by atoms with Gasteiger partial charge in [0.2, 0.25) is 5.91 Å². The van der Waals surface area contributed by atoms with Crippen molar-refractivity contribution in [3.63, 3.8) is 0 Å². The van der Waals surface area contributed by atoms with Crippen LogP contribution in [-0.4, -0.2) is 49.8 Å². The first-order chi connectivity index (χ1) is 7.00. The van der Waals surface area contributed by atoms with Crippen LogP contribution in [0.25, 0.3) is 0 Å². The Balaban J connectivity index is 2.10. The van der Waals surface area contributed by atoms with E-state index in [0.29, 0.717) is 25.9 Å². The van der Waals surface area contributed by atoms with Crippen LogP contribution in [0.2, 0.25) is 0 Å². The van der Waals surface area contributed by atoms with Gasteiger partial charge in [-0.2, -0.15) is 17.4 Å². The number of hydrogen-bond donors (Lipinski definition) is 1. The van der Waals surface area contributed by atoms with Gasteiger partial charge in [0.1, 0.15) is 0 Å². The lowest BCUT2D eigenvalue weighted by Gasteiger charge is -2.35. The summed E-state index contributed by atoms with van der Waals surface area (Å²) in [6.07, 6.45) is 1.67. The van der Waals surface area contributed by atoms with E-state index in [1.54, 1.807) is 4.90 Å². The van der Waals surface area contributed by atoms with E-state index in [2.05, 4.69) is 4.72 Å². The molecule has 0 bridgehead atoms.